The molecule has 1 heterocycles. The lowest BCUT2D eigenvalue weighted by atomic mass is 10.1. The zero-order valence-corrected chi connectivity index (χ0v) is 14.2. The molecule has 2 atom stereocenters. The zero-order valence-electron chi connectivity index (χ0n) is 13.4. The van der Waals surface area contributed by atoms with Gasteiger partial charge in [0.1, 0.15) is 6.54 Å². The SMILES string of the molecule is C[C@@H](C(=O)Nc1cccc2ccccc12)[NH+](C)Cc1ccsc1. The summed E-state index contributed by atoms with van der Waals surface area (Å²) >= 11 is 1.69. The molecule has 0 aliphatic heterocycles. The predicted octanol–water partition coefficient (Wildman–Crippen LogP) is 2.94. The summed E-state index contributed by atoms with van der Waals surface area (Å²) in [4.78, 5) is 13.8. The molecule has 0 aliphatic carbocycles. The standard InChI is InChI=1S/C19H20N2OS/c1-14(21(2)12-15-10-11-23-13-15)19(22)20-18-9-5-7-16-6-3-4-8-17(16)18/h3-11,13-14H,12H2,1-2H3,(H,20,22)/p+1/t14-/m0/s1. The summed E-state index contributed by atoms with van der Waals surface area (Å²) in [6, 6.07) is 16.1. The molecule has 4 heteroatoms. The molecular weight excluding hydrogens is 304 g/mol. The second kappa shape index (κ2) is 6.94. The number of fused-ring (bicyclic) bond motifs is 1. The molecule has 2 aromatic carbocycles. The summed E-state index contributed by atoms with van der Waals surface area (Å²) in [6.45, 7) is 2.83. The van der Waals surface area contributed by atoms with Crippen LogP contribution in [0, 0.1) is 0 Å². The first-order chi connectivity index (χ1) is 11.1. The highest BCUT2D eigenvalue weighted by Gasteiger charge is 2.22. The lowest BCUT2D eigenvalue weighted by molar-refractivity contribution is -0.907. The van der Waals surface area contributed by atoms with E-state index in [1.807, 2.05) is 37.3 Å². The summed E-state index contributed by atoms with van der Waals surface area (Å²) < 4.78 is 0. The van der Waals surface area contributed by atoms with Crippen LogP contribution in [0.15, 0.2) is 59.3 Å². The minimum Gasteiger partial charge on any atom is -0.324 e. The van der Waals surface area contributed by atoms with Gasteiger partial charge in [0, 0.05) is 16.6 Å². The Kier molecular flexibility index (Phi) is 4.74. The van der Waals surface area contributed by atoms with Gasteiger partial charge in [0.15, 0.2) is 6.04 Å². The summed E-state index contributed by atoms with van der Waals surface area (Å²) in [6.07, 6.45) is 0. The van der Waals surface area contributed by atoms with Crippen LogP contribution >= 0.6 is 11.3 Å². The maximum atomic E-state index is 12.6. The number of amides is 1. The van der Waals surface area contributed by atoms with Crippen LogP contribution in [0.1, 0.15) is 12.5 Å². The maximum Gasteiger partial charge on any atom is 0.282 e. The Morgan fingerprint density at radius 1 is 1.17 bits per heavy atom. The van der Waals surface area contributed by atoms with Crippen LogP contribution in [-0.4, -0.2) is 19.0 Å². The number of hydrogen-bond acceptors (Lipinski definition) is 2. The van der Waals surface area contributed by atoms with Crippen LogP contribution in [0.25, 0.3) is 10.8 Å². The molecule has 0 fully saturated rings. The first kappa shape index (κ1) is 15.7. The number of carbonyl (C=O) groups excluding carboxylic acids is 1. The Labute approximate surface area is 140 Å². The normalized spacial score (nSPS) is 13.7. The van der Waals surface area contributed by atoms with Crippen molar-refractivity contribution in [2.24, 2.45) is 0 Å². The predicted molar refractivity (Wildman–Crippen MR) is 96.9 cm³/mol. The van der Waals surface area contributed by atoms with Crippen molar-refractivity contribution in [3.05, 3.63) is 64.9 Å². The molecule has 0 saturated carbocycles. The molecule has 2 N–H and O–H groups in total. The van der Waals surface area contributed by atoms with Gasteiger partial charge in [-0.2, -0.15) is 11.3 Å². The number of likely N-dealkylation sites (N-methyl/N-ethyl adjacent to an activating group) is 1. The number of hydrogen-bond donors (Lipinski definition) is 2. The zero-order chi connectivity index (χ0) is 16.2. The van der Waals surface area contributed by atoms with Crippen molar-refractivity contribution in [3.8, 4) is 0 Å². The highest BCUT2D eigenvalue weighted by Crippen LogP contribution is 2.22. The van der Waals surface area contributed by atoms with Gasteiger partial charge in [-0.05, 0) is 35.2 Å². The fraction of sp³-hybridized carbons (Fsp3) is 0.211. The second-order valence-electron chi connectivity index (χ2n) is 5.89. The van der Waals surface area contributed by atoms with Gasteiger partial charge in [-0.3, -0.25) is 4.79 Å². The van der Waals surface area contributed by atoms with Crippen LogP contribution in [0.4, 0.5) is 5.69 Å². The molecule has 118 valence electrons. The number of rotatable bonds is 5. The van der Waals surface area contributed by atoms with E-state index in [1.54, 1.807) is 11.3 Å². The average Bonchev–Trinajstić information content (AvgIpc) is 3.07. The minimum atomic E-state index is -0.117. The third-order valence-corrected chi connectivity index (χ3v) is 4.98. The van der Waals surface area contributed by atoms with Crippen LogP contribution in [0.2, 0.25) is 0 Å². The number of anilines is 1. The van der Waals surface area contributed by atoms with Gasteiger partial charge in [0.2, 0.25) is 0 Å². The highest BCUT2D eigenvalue weighted by atomic mass is 32.1. The van der Waals surface area contributed by atoms with Crippen molar-refractivity contribution < 1.29 is 9.69 Å². The lowest BCUT2D eigenvalue weighted by Crippen LogP contribution is -3.12. The van der Waals surface area contributed by atoms with E-state index >= 15 is 0 Å². The van der Waals surface area contributed by atoms with Crippen LogP contribution in [0.5, 0.6) is 0 Å². The van der Waals surface area contributed by atoms with E-state index in [4.69, 9.17) is 0 Å². The van der Waals surface area contributed by atoms with Crippen molar-refractivity contribution in [2.75, 3.05) is 12.4 Å². The van der Waals surface area contributed by atoms with E-state index in [0.717, 1.165) is 23.0 Å². The van der Waals surface area contributed by atoms with Crippen LogP contribution in [-0.2, 0) is 11.3 Å². The average molecular weight is 325 g/mol. The fourth-order valence-corrected chi connectivity index (χ4v) is 3.34. The van der Waals surface area contributed by atoms with Crippen molar-refractivity contribution in [3.63, 3.8) is 0 Å². The summed E-state index contributed by atoms with van der Waals surface area (Å²) in [5.74, 6) is 0.0501. The molecule has 1 unspecified atom stereocenters. The summed E-state index contributed by atoms with van der Waals surface area (Å²) in [7, 11) is 2.06. The van der Waals surface area contributed by atoms with Crippen molar-refractivity contribution in [2.45, 2.75) is 19.5 Å². The van der Waals surface area contributed by atoms with Crippen molar-refractivity contribution >= 4 is 33.7 Å². The minimum absolute atomic E-state index is 0.0501. The van der Waals surface area contributed by atoms with Gasteiger partial charge >= 0.3 is 0 Å². The third-order valence-electron chi connectivity index (χ3n) is 4.24. The Morgan fingerprint density at radius 3 is 2.74 bits per heavy atom. The molecule has 0 radical (unpaired) electrons. The van der Waals surface area contributed by atoms with E-state index in [1.165, 1.54) is 10.5 Å². The van der Waals surface area contributed by atoms with E-state index in [9.17, 15) is 4.79 Å². The summed E-state index contributed by atoms with van der Waals surface area (Å²) in [5.41, 5.74) is 2.15. The molecule has 0 aliphatic rings. The fourth-order valence-electron chi connectivity index (χ4n) is 2.67. The number of thiophene rings is 1. The van der Waals surface area contributed by atoms with Gasteiger partial charge < -0.3 is 10.2 Å². The molecule has 0 spiro atoms. The van der Waals surface area contributed by atoms with E-state index in [0.29, 0.717) is 0 Å². The van der Waals surface area contributed by atoms with Crippen molar-refractivity contribution in [1.82, 2.24) is 0 Å². The molecule has 1 amide bonds. The smallest absolute Gasteiger partial charge is 0.282 e. The van der Waals surface area contributed by atoms with Crippen LogP contribution < -0.4 is 10.2 Å². The lowest BCUT2D eigenvalue weighted by Gasteiger charge is -2.21. The number of carbonyl (C=O) groups is 1. The molecule has 3 nitrogen and oxygen atoms in total. The second-order valence-corrected chi connectivity index (χ2v) is 6.67. The van der Waals surface area contributed by atoms with E-state index in [2.05, 4.69) is 41.3 Å². The van der Waals surface area contributed by atoms with Gasteiger partial charge in [-0.15, -0.1) is 0 Å². The van der Waals surface area contributed by atoms with Gasteiger partial charge in [-0.25, -0.2) is 0 Å². The van der Waals surface area contributed by atoms with Gasteiger partial charge in [-0.1, -0.05) is 36.4 Å². The Balaban J connectivity index is 1.72. The molecule has 3 aromatic rings. The van der Waals surface area contributed by atoms with Crippen LogP contribution in [0.3, 0.4) is 0 Å². The quantitative estimate of drug-likeness (QED) is 0.743. The monoisotopic (exact) mass is 325 g/mol. The molecular formula is C19H21N2OS+. The number of benzene rings is 2. The number of quaternary nitrogens is 1. The first-order valence-electron chi connectivity index (χ1n) is 7.77. The molecule has 0 saturated heterocycles. The third kappa shape index (κ3) is 3.60. The maximum absolute atomic E-state index is 12.6. The first-order valence-corrected chi connectivity index (χ1v) is 8.71. The Hall–Kier alpha value is -2.17. The van der Waals surface area contributed by atoms with Crippen molar-refractivity contribution in [1.29, 1.82) is 0 Å². The van der Waals surface area contributed by atoms with Gasteiger partial charge in [0.05, 0.1) is 7.05 Å². The molecule has 3 rings (SSSR count). The summed E-state index contributed by atoms with van der Waals surface area (Å²) in [5, 5.41) is 9.51. The topological polar surface area (TPSA) is 33.5 Å². The number of nitrogens with one attached hydrogen (secondary N) is 2. The Bertz CT molecular complexity index is 793. The Morgan fingerprint density at radius 2 is 1.96 bits per heavy atom. The highest BCUT2D eigenvalue weighted by molar-refractivity contribution is 7.07. The molecule has 1 aromatic heterocycles. The van der Waals surface area contributed by atoms with Gasteiger partial charge in [0.25, 0.3) is 5.91 Å². The largest absolute Gasteiger partial charge is 0.324 e. The molecule has 0 bridgehead atoms. The van der Waals surface area contributed by atoms with E-state index < -0.39 is 0 Å². The molecule has 23 heavy (non-hydrogen) atoms. The van der Waals surface area contributed by atoms with E-state index in [-0.39, 0.29) is 11.9 Å².